The van der Waals surface area contributed by atoms with Crippen molar-refractivity contribution in [2.24, 2.45) is 5.92 Å². The molecule has 4 rings (SSSR count). The lowest BCUT2D eigenvalue weighted by atomic mass is 9.96. The molecule has 0 amide bonds. The Hall–Kier alpha value is -1.53. The predicted molar refractivity (Wildman–Crippen MR) is 95.4 cm³/mol. The summed E-state index contributed by atoms with van der Waals surface area (Å²) in [6.45, 7) is 5.95. The van der Waals surface area contributed by atoms with Crippen LogP contribution in [0.25, 0.3) is 0 Å². The molecule has 6 heteroatoms. The van der Waals surface area contributed by atoms with Gasteiger partial charge in [0.05, 0.1) is 16.4 Å². The van der Waals surface area contributed by atoms with Crippen molar-refractivity contribution in [1.29, 1.82) is 0 Å². The molecule has 0 aromatic carbocycles. The fourth-order valence-corrected chi connectivity index (χ4v) is 4.46. The molecule has 1 aliphatic heterocycles. The molecule has 24 heavy (non-hydrogen) atoms. The normalized spacial score (nSPS) is 18.9. The zero-order valence-corrected chi connectivity index (χ0v) is 15.0. The van der Waals surface area contributed by atoms with E-state index in [1.165, 1.54) is 11.3 Å². The van der Waals surface area contributed by atoms with Crippen LogP contribution in [0.5, 0.6) is 0 Å². The molecule has 0 bridgehead atoms. The number of rotatable bonds is 4. The molecular formula is C18H24N4OS. The highest BCUT2D eigenvalue weighted by Crippen LogP contribution is 2.22. The van der Waals surface area contributed by atoms with E-state index < -0.39 is 0 Å². The predicted octanol–water partition coefficient (Wildman–Crippen LogP) is 2.41. The molecule has 0 atom stereocenters. The van der Waals surface area contributed by atoms with E-state index in [9.17, 15) is 4.79 Å². The van der Waals surface area contributed by atoms with E-state index in [2.05, 4.69) is 27.3 Å². The number of aryl methyl sites for hydroxylation is 3. The number of hydrogen-bond acceptors (Lipinski definition) is 5. The van der Waals surface area contributed by atoms with E-state index in [0.29, 0.717) is 5.92 Å². The van der Waals surface area contributed by atoms with E-state index in [0.717, 1.165) is 69.0 Å². The summed E-state index contributed by atoms with van der Waals surface area (Å²) in [4.78, 5) is 19.3. The molecule has 0 unspecified atom stereocenters. The second-order valence-corrected chi connectivity index (χ2v) is 8.13. The number of thiazole rings is 1. The van der Waals surface area contributed by atoms with Gasteiger partial charge < -0.3 is 0 Å². The van der Waals surface area contributed by atoms with Gasteiger partial charge in [-0.3, -0.25) is 9.69 Å². The van der Waals surface area contributed by atoms with Gasteiger partial charge in [-0.2, -0.15) is 5.10 Å². The van der Waals surface area contributed by atoms with Gasteiger partial charge in [0.2, 0.25) is 0 Å². The Morgan fingerprint density at radius 3 is 2.88 bits per heavy atom. The quantitative estimate of drug-likeness (QED) is 0.855. The Morgan fingerprint density at radius 2 is 2.12 bits per heavy atom. The third-order valence-electron chi connectivity index (χ3n) is 5.21. The lowest BCUT2D eigenvalue weighted by Crippen LogP contribution is -2.36. The van der Waals surface area contributed by atoms with Crippen molar-refractivity contribution in [3.05, 3.63) is 43.8 Å². The van der Waals surface area contributed by atoms with Crippen LogP contribution in [-0.2, 0) is 25.9 Å². The summed E-state index contributed by atoms with van der Waals surface area (Å²) in [7, 11) is 0. The topological polar surface area (TPSA) is 51.0 Å². The van der Waals surface area contributed by atoms with Crippen molar-refractivity contribution < 1.29 is 0 Å². The van der Waals surface area contributed by atoms with E-state index in [4.69, 9.17) is 0 Å². The molecule has 3 heterocycles. The highest BCUT2D eigenvalue weighted by Gasteiger charge is 2.22. The number of fused-ring (bicyclic) bond motifs is 1. The summed E-state index contributed by atoms with van der Waals surface area (Å²) < 4.78 is 1.72. The highest BCUT2D eigenvalue weighted by atomic mass is 32.1. The molecule has 1 fully saturated rings. The van der Waals surface area contributed by atoms with Crippen LogP contribution in [0.1, 0.15) is 41.2 Å². The van der Waals surface area contributed by atoms with E-state index in [1.807, 2.05) is 6.07 Å². The first-order chi connectivity index (χ1) is 11.7. The minimum absolute atomic E-state index is 0.0797. The molecule has 2 aromatic heterocycles. The fourth-order valence-electron chi connectivity index (χ4n) is 3.85. The van der Waals surface area contributed by atoms with Gasteiger partial charge in [-0.1, -0.05) is 0 Å². The van der Waals surface area contributed by atoms with Crippen LogP contribution >= 0.6 is 11.3 Å². The van der Waals surface area contributed by atoms with Gasteiger partial charge in [0.15, 0.2) is 0 Å². The largest absolute Gasteiger partial charge is 0.297 e. The Kier molecular flexibility index (Phi) is 4.50. The molecule has 0 saturated carbocycles. The van der Waals surface area contributed by atoms with E-state index in [-0.39, 0.29) is 5.56 Å². The zero-order valence-electron chi connectivity index (χ0n) is 14.2. The third-order valence-corrected chi connectivity index (χ3v) is 6.04. The van der Waals surface area contributed by atoms with Crippen LogP contribution in [0.15, 0.2) is 16.2 Å². The first kappa shape index (κ1) is 16.0. The molecule has 0 spiro atoms. The lowest BCUT2D eigenvalue weighted by Gasteiger charge is -2.31. The molecule has 1 aliphatic carbocycles. The van der Waals surface area contributed by atoms with E-state index in [1.54, 1.807) is 16.0 Å². The maximum Gasteiger partial charge on any atom is 0.267 e. The van der Waals surface area contributed by atoms with Gasteiger partial charge in [0, 0.05) is 24.5 Å². The van der Waals surface area contributed by atoms with Gasteiger partial charge in [0.25, 0.3) is 5.56 Å². The molecule has 0 N–H and O–H groups in total. The van der Waals surface area contributed by atoms with Crippen LogP contribution in [0.4, 0.5) is 0 Å². The van der Waals surface area contributed by atoms with Crippen LogP contribution in [-0.4, -0.2) is 32.8 Å². The summed E-state index contributed by atoms with van der Waals surface area (Å²) >= 11 is 1.72. The molecule has 128 valence electrons. The van der Waals surface area contributed by atoms with Crippen molar-refractivity contribution in [3.8, 4) is 0 Å². The summed E-state index contributed by atoms with van der Waals surface area (Å²) in [5.74, 6) is 0.558. The number of likely N-dealkylation sites (tertiary alicyclic amines) is 1. The Bertz CT molecular complexity index is 774. The van der Waals surface area contributed by atoms with Gasteiger partial charge in [-0.15, -0.1) is 11.3 Å². The average Bonchev–Trinajstić information content (AvgIpc) is 3.18. The summed E-state index contributed by atoms with van der Waals surface area (Å²) in [5.41, 5.74) is 3.58. The first-order valence-corrected chi connectivity index (χ1v) is 9.78. The summed E-state index contributed by atoms with van der Waals surface area (Å²) in [6, 6.07) is 1.81. The van der Waals surface area contributed by atoms with Crippen LogP contribution in [0.3, 0.4) is 0 Å². The Balaban J connectivity index is 1.34. The first-order valence-electron chi connectivity index (χ1n) is 8.90. The van der Waals surface area contributed by atoms with Crippen molar-refractivity contribution in [2.75, 3.05) is 13.1 Å². The smallest absolute Gasteiger partial charge is 0.267 e. The third kappa shape index (κ3) is 3.44. The van der Waals surface area contributed by atoms with Crippen LogP contribution < -0.4 is 5.56 Å². The molecule has 2 aromatic rings. The minimum atomic E-state index is 0.0797. The van der Waals surface area contributed by atoms with Crippen molar-refractivity contribution in [1.82, 2.24) is 19.7 Å². The highest BCUT2D eigenvalue weighted by molar-refractivity contribution is 7.09. The number of piperidine rings is 1. The zero-order chi connectivity index (χ0) is 16.5. The second kappa shape index (κ2) is 6.76. The molecule has 5 nitrogen and oxygen atoms in total. The maximum atomic E-state index is 12.2. The van der Waals surface area contributed by atoms with Gasteiger partial charge in [-0.05, 0) is 63.6 Å². The van der Waals surface area contributed by atoms with Crippen molar-refractivity contribution in [3.63, 3.8) is 0 Å². The monoisotopic (exact) mass is 344 g/mol. The standard InChI is InChI=1S/C18H24N4OS/c1-13-19-16(12-24-13)11-21-7-5-14(6-8-21)10-22-18(23)9-15-3-2-4-17(15)20-22/h9,12,14H,2-8,10-11H2,1H3. The van der Waals surface area contributed by atoms with E-state index >= 15 is 0 Å². The van der Waals surface area contributed by atoms with Gasteiger partial charge in [-0.25, -0.2) is 9.67 Å². The van der Waals surface area contributed by atoms with Crippen molar-refractivity contribution >= 4 is 11.3 Å². The van der Waals surface area contributed by atoms with Gasteiger partial charge >= 0.3 is 0 Å². The average molecular weight is 344 g/mol. The van der Waals surface area contributed by atoms with Gasteiger partial charge in [0.1, 0.15) is 0 Å². The van der Waals surface area contributed by atoms with Crippen LogP contribution in [0.2, 0.25) is 0 Å². The number of aromatic nitrogens is 3. The molecule has 0 radical (unpaired) electrons. The minimum Gasteiger partial charge on any atom is -0.297 e. The summed E-state index contributed by atoms with van der Waals surface area (Å²) in [6.07, 6.45) is 5.46. The maximum absolute atomic E-state index is 12.2. The molecule has 1 saturated heterocycles. The lowest BCUT2D eigenvalue weighted by molar-refractivity contribution is 0.162. The number of hydrogen-bond donors (Lipinski definition) is 0. The molecular weight excluding hydrogens is 320 g/mol. The Morgan fingerprint density at radius 1 is 1.29 bits per heavy atom. The Labute approximate surface area is 146 Å². The van der Waals surface area contributed by atoms with Crippen LogP contribution in [0, 0.1) is 12.8 Å². The molecule has 2 aliphatic rings. The summed E-state index contributed by atoms with van der Waals surface area (Å²) in [5, 5.41) is 7.92. The van der Waals surface area contributed by atoms with Crippen molar-refractivity contribution in [2.45, 2.75) is 52.1 Å². The number of nitrogens with zero attached hydrogens (tertiary/aromatic N) is 4. The second-order valence-electron chi connectivity index (χ2n) is 7.07. The fraction of sp³-hybridized carbons (Fsp3) is 0.611. The SMILES string of the molecule is Cc1nc(CN2CCC(Cn3nc4c(cc3=O)CCC4)CC2)cs1.